The number of hydrogen-bond donors (Lipinski definition) is 2. The quantitative estimate of drug-likeness (QED) is 0.912. The third-order valence-electron chi connectivity index (χ3n) is 2.53. The van der Waals surface area contributed by atoms with E-state index in [9.17, 15) is 0 Å². The largest absolute Gasteiger partial charge is 0.465 e. The lowest BCUT2D eigenvalue weighted by Gasteiger charge is -2.09. The van der Waals surface area contributed by atoms with Crippen LogP contribution in [-0.4, -0.2) is 4.98 Å². The zero-order valence-electron chi connectivity index (χ0n) is 9.75. The number of nitrogen functional groups attached to an aromatic ring is 1. The fraction of sp³-hybridized carbons (Fsp3) is 0.250. The van der Waals surface area contributed by atoms with E-state index in [1.807, 2.05) is 26.0 Å². The second kappa shape index (κ2) is 4.79. The highest BCUT2D eigenvalue weighted by molar-refractivity contribution is 9.10. The normalized spacial score (nSPS) is 10.5. The van der Waals surface area contributed by atoms with Crippen molar-refractivity contribution in [2.45, 2.75) is 20.4 Å². The van der Waals surface area contributed by atoms with E-state index >= 15 is 0 Å². The molecular formula is C12H14BrN3O. The molecule has 0 spiro atoms. The first kappa shape index (κ1) is 12.0. The van der Waals surface area contributed by atoms with Gasteiger partial charge in [0.1, 0.15) is 17.3 Å². The van der Waals surface area contributed by atoms with Crippen molar-refractivity contribution in [2.24, 2.45) is 0 Å². The molecule has 5 heteroatoms. The van der Waals surface area contributed by atoms with Crippen LogP contribution in [0.25, 0.3) is 0 Å². The Morgan fingerprint density at radius 2 is 2.18 bits per heavy atom. The number of halogens is 1. The molecule has 0 fully saturated rings. The van der Waals surface area contributed by atoms with Crippen LogP contribution >= 0.6 is 15.9 Å². The average Bonchev–Trinajstić information content (AvgIpc) is 2.71. The van der Waals surface area contributed by atoms with Gasteiger partial charge in [0, 0.05) is 0 Å². The summed E-state index contributed by atoms with van der Waals surface area (Å²) in [4.78, 5) is 4.24. The molecule has 90 valence electrons. The van der Waals surface area contributed by atoms with Crippen molar-refractivity contribution in [1.82, 2.24) is 4.98 Å². The van der Waals surface area contributed by atoms with Crippen LogP contribution in [0.2, 0.25) is 0 Å². The van der Waals surface area contributed by atoms with Gasteiger partial charge >= 0.3 is 0 Å². The first-order valence-electron chi connectivity index (χ1n) is 5.27. The Hall–Kier alpha value is -1.49. The molecule has 0 aliphatic heterocycles. The summed E-state index contributed by atoms with van der Waals surface area (Å²) < 4.78 is 6.36. The van der Waals surface area contributed by atoms with Crippen LogP contribution in [0.1, 0.15) is 17.1 Å². The number of anilines is 2. The minimum Gasteiger partial charge on any atom is -0.465 e. The maximum absolute atomic E-state index is 5.76. The Labute approximate surface area is 108 Å². The summed E-state index contributed by atoms with van der Waals surface area (Å²) in [5.41, 5.74) is 7.42. The zero-order valence-corrected chi connectivity index (χ0v) is 11.3. The van der Waals surface area contributed by atoms with Crippen molar-refractivity contribution in [3.63, 3.8) is 0 Å². The van der Waals surface area contributed by atoms with Gasteiger partial charge in [-0.05, 0) is 47.5 Å². The molecule has 0 aromatic carbocycles. The van der Waals surface area contributed by atoms with Crippen LogP contribution in [-0.2, 0) is 6.54 Å². The highest BCUT2D eigenvalue weighted by Crippen LogP contribution is 2.27. The van der Waals surface area contributed by atoms with Gasteiger partial charge in [-0.25, -0.2) is 4.98 Å². The van der Waals surface area contributed by atoms with E-state index in [1.165, 1.54) is 0 Å². The Kier molecular flexibility index (Phi) is 3.38. The van der Waals surface area contributed by atoms with Crippen LogP contribution in [0.4, 0.5) is 11.5 Å². The third kappa shape index (κ3) is 2.61. The lowest BCUT2D eigenvalue weighted by atomic mass is 10.2. The summed E-state index contributed by atoms with van der Waals surface area (Å²) in [5, 5.41) is 3.20. The first-order valence-corrected chi connectivity index (χ1v) is 6.07. The van der Waals surface area contributed by atoms with Gasteiger partial charge in [0.2, 0.25) is 0 Å². The molecule has 2 rings (SSSR count). The van der Waals surface area contributed by atoms with Gasteiger partial charge in [0.25, 0.3) is 0 Å². The molecule has 0 saturated carbocycles. The molecule has 0 aliphatic carbocycles. The number of rotatable bonds is 3. The van der Waals surface area contributed by atoms with Crippen molar-refractivity contribution in [2.75, 3.05) is 11.1 Å². The predicted molar refractivity (Wildman–Crippen MR) is 71.9 cm³/mol. The molecule has 2 aromatic rings. The van der Waals surface area contributed by atoms with Gasteiger partial charge in [-0.1, -0.05) is 0 Å². The maximum atomic E-state index is 5.76. The SMILES string of the molecule is Cc1ccc(CNc2ncc(N)c(C)c2Br)o1. The van der Waals surface area contributed by atoms with Gasteiger partial charge in [0.15, 0.2) is 0 Å². The van der Waals surface area contributed by atoms with Gasteiger partial charge in [-0.3, -0.25) is 0 Å². The van der Waals surface area contributed by atoms with E-state index in [-0.39, 0.29) is 0 Å². The van der Waals surface area contributed by atoms with Gasteiger partial charge < -0.3 is 15.5 Å². The van der Waals surface area contributed by atoms with Crippen molar-refractivity contribution in [3.05, 3.63) is 39.9 Å². The fourth-order valence-electron chi connectivity index (χ4n) is 1.47. The number of pyridine rings is 1. The average molecular weight is 296 g/mol. The molecular weight excluding hydrogens is 282 g/mol. The lowest BCUT2D eigenvalue weighted by molar-refractivity contribution is 0.490. The van der Waals surface area contributed by atoms with E-state index in [0.29, 0.717) is 12.2 Å². The van der Waals surface area contributed by atoms with Gasteiger partial charge in [0.05, 0.1) is 22.9 Å². The number of aromatic nitrogens is 1. The number of nitrogens with two attached hydrogens (primary N) is 1. The Morgan fingerprint density at radius 1 is 1.41 bits per heavy atom. The summed E-state index contributed by atoms with van der Waals surface area (Å²) in [6, 6.07) is 3.88. The molecule has 0 amide bonds. The van der Waals surface area contributed by atoms with Crippen molar-refractivity contribution >= 4 is 27.4 Å². The molecule has 2 heterocycles. The summed E-state index contributed by atoms with van der Waals surface area (Å²) >= 11 is 3.47. The summed E-state index contributed by atoms with van der Waals surface area (Å²) in [6.45, 7) is 4.47. The minimum atomic E-state index is 0.600. The summed E-state index contributed by atoms with van der Waals surface area (Å²) in [5.74, 6) is 2.55. The van der Waals surface area contributed by atoms with Crippen LogP contribution in [0.3, 0.4) is 0 Å². The third-order valence-corrected chi connectivity index (χ3v) is 3.50. The predicted octanol–water partition coefficient (Wildman–Crippen LogP) is 3.25. The highest BCUT2D eigenvalue weighted by atomic mass is 79.9. The molecule has 0 bridgehead atoms. The number of aryl methyl sites for hydroxylation is 1. The minimum absolute atomic E-state index is 0.600. The molecule has 0 aliphatic rings. The standard InChI is InChI=1S/C12H14BrN3O/c1-7-3-4-9(17-7)5-15-12-11(13)8(2)10(14)6-16-12/h3-4,6H,5,14H2,1-2H3,(H,15,16). The van der Waals surface area contributed by atoms with Crippen LogP contribution in [0.5, 0.6) is 0 Å². The highest BCUT2D eigenvalue weighted by Gasteiger charge is 2.07. The molecule has 4 nitrogen and oxygen atoms in total. The summed E-state index contributed by atoms with van der Waals surface area (Å²) in [6.07, 6.45) is 1.65. The lowest BCUT2D eigenvalue weighted by Crippen LogP contribution is -2.03. The molecule has 2 aromatic heterocycles. The van der Waals surface area contributed by atoms with Crippen molar-refractivity contribution < 1.29 is 4.42 Å². The fourth-order valence-corrected chi connectivity index (χ4v) is 1.94. The second-order valence-electron chi connectivity index (χ2n) is 3.87. The van der Waals surface area contributed by atoms with E-state index in [0.717, 1.165) is 27.4 Å². The molecule has 0 radical (unpaired) electrons. The molecule has 0 unspecified atom stereocenters. The smallest absolute Gasteiger partial charge is 0.141 e. The summed E-state index contributed by atoms with van der Waals surface area (Å²) in [7, 11) is 0. The van der Waals surface area contributed by atoms with Crippen LogP contribution in [0.15, 0.2) is 27.2 Å². The van der Waals surface area contributed by atoms with E-state index in [2.05, 4.69) is 26.2 Å². The maximum Gasteiger partial charge on any atom is 0.141 e. The van der Waals surface area contributed by atoms with Crippen LogP contribution < -0.4 is 11.1 Å². The van der Waals surface area contributed by atoms with Crippen molar-refractivity contribution in [3.8, 4) is 0 Å². The number of furan rings is 1. The Balaban J connectivity index is 2.12. The topological polar surface area (TPSA) is 64.1 Å². The van der Waals surface area contributed by atoms with Crippen molar-refractivity contribution in [1.29, 1.82) is 0 Å². The first-order chi connectivity index (χ1) is 8.08. The molecule has 3 N–H and O–H groups in total. The number of nitrogens with zero attached hydrogens (tertiary/aromatic N) is 1. The molecule has 0 atom stereocenters. The Bertz CT molecular complexity index is 537. The van der Waals surface area contributed by atoms with E-state index in [4.69, 9.17) is 10.2 Å². The number of nitrogens with one attached hydrogen (secondary N) is 1. The Morgan fingerprint density at radius 3 is 2.82 bits per heavy atom. The van der Waals surface area contributed by atoms with Gasteiger partial charge in [-0.2, -0.15) is 0 Å². The zero-order chi connectivity index (χ0) is 12.4. The van der Waals surface area contributed by atoms with Gasteiger partial charge in [-0.15, -0.1) is 0 Å². The molecule has 0 saturated heterocycles. The monoisotopic (exact) mass is 295 g/mol. The second-order valence-corrected chi connectivity index (χ2v) is 4.66. The molecule has 17 heavy (non-hydrogen) atoms. The van der Waals surface area contributed by atoms with Crippen LogP contribution in [0, 0.1) is 13.8 Å². The van der Waals surface area contributed by atoms with E-state index in [1.54, 1.807) is 6.20 Å². The van der Waals surface area contributed by atoms with E-state index < -0.39 is 0 Å². The number of hydrogen-bond acceptors (Lipinski definition) is 4.